The maximum atomic E-state index is 11.1. The van der Waals surface area contributed by atoms with Crippen LogP contribution in [0.2, 0.25) is 0 Å². The number of anilines is 1. The van der Waals surface area contributed by atoms with E-state index in [2.05, 4.69) is 0 Å². The summed E-state index contributed by atoms with van der Waals surface area (Å²) in [5, 5.41) is 19.8. The molecule has 1 aromatic rings. The second-order valence-corrected chi connectivity index (χ2v) is 4.86. The lowest BCUT2D eigenvalue weighted by Crippen LogP contribution is -2.50. The lowest BCUT2D eigenvalue weighted by molar-refractivity contribution is -0.384. The number of aryl methyl sites for hydroxylation is 1. The molecule has 0 bridgehead atoms. The predicted octanol–water partition coefficient (Wildman–Crippen LogP) is 0.895. The highest BCUT2D eigenvalue weighted by Gasteiger charge is 2.41. The van der Waals surface area contributed by atoms with Gasteiger partial charge < -0.3 is 15.7 Å². The second kappa shape index (κ2) is 4.51. The molecule has 2 rings (SSSR count). The zero-order chi connectivity index (χ0) is 14.2. The number of nitro groups is 1. The third-order valence-electron chi connectivity index (χ3n) is 3.46. The molecule has 0 amide bonds. The Hall–Kier alpha value is -2.15. The van der Waals surface area contributed by atoms with Crippen molar-refractivity contribution >= 4 is 17.3 Å². The summed E-state index contributed by atoms with van der Waals surface area (Å²) in [7, 11) is 0. The number of carboxylic acid groups (broad SMARTS) is 1. The van der Waals surface area contributed by atoms with Crippen molar-refractivity contribution in [2.45, 2.75) is 18.9 Å². The van der Waals surface area contributed by atoms with Crippen LogP contribution in [0, 0.1) is 17.0 Å². The lowest BCUT2D eigenvalue weighted by atomic mass is 10.0. The maximum Gasteiger partial charge on any atom is 0.325 e. The van der Waals surface area contributed by atoms with E-state index in [9.17, 15) is 14.9 Å². The van der Waals surface area contributed by atoms with Gasteiger partial charge >= 0.3 is 5.97 Å². The summed E-state index contributed by atoms with van der Waals surface area (Å²) in [5.74, 6) is -1.02. The first-order valence-corrected chi connectivity index (χ1v) is 5.86. The van der Waals surface area contributed by atoms with E-state index in [1.807, 2.05) is 4.90 Å². The number of nitrogens with two attached hydrogens (primary N) is 1. The van der Waals surface area contributed by atoms with Gasteiger partial charge in [0.25, 0.3) is 5.69 Å². The summed E-state index contributed by atoms with van der Waals surface area (Å²) in [6.07, 6.45) is 0.360. The quantitative estimate of drug-likeness (QED) is 0.620. The number of hydrogen-bond acceptors (Lipinski definition) is 5. The number of carbonyl (C=O) groups is 1. The van der Waals surface area contributed by atoms with E-state index < -0.39 is 16.4 Å². The van der Waals surface area contributed by atoms with Crippen molar-refractivity contribution in [3.05, 3.63) is 33.9 Å². The zero-order valence-corrected chi connectivity index (χ0v) is 10.5. The SMILES string of the molecule is Cc1cc([N+](=O)[O-])ccc1N1CCC(N)(C(=O)O)C1. The monoisotopic (exact) mass is 265 g/mol. The van der Waals surface area contributed by atoms with Crippen molar-refractivity contribution < 1.29 is 14.8 Å². The van der Waals surface area contributed by atoms with Gasteiger partial charge in [-0.05, 0) is 25.0 Å². The van der Waals surface area contributed by atoms with Gasteiger partial charge in [0.1, 0.15) is 5.54 Å². The number of hydrogen-bond donors (Lipinski definition) is 2. The van der Waals surface area contributed by atoms with E-state index in [1.165, 1.54) is 12.1 Å². The Morgan fingerprint density at radius 3 is 2.74 bits per heavy atom. The molecule has 0 radical (unpaired) electrons. The number of nitro benzene ring substituents is 1. The van der Waals surface area contributed by atoms with Gasteiger partial charge in [-0.2, -0.15) is 0 Å². The molecule has 102 valence electrons. The molecule has 0 aliphatic carbocycles. The largest absolute Gasteiger partial charge is 0.480 e. The van der Waals surface area contributed by atoms with Crippen LogP contribution in [0.15, 0.2) is 18.2 Å². The van der Waals surface area contributed by atoms with Gasteiger partial charge in [-0.25, -0.2) is 0 Å². The lowest BCUT2D eigenvalue weighted by Gasteiger charge is -2.23. The average Bonchev–Trinajstić information content (AvgIpc) is 2.73. The van der Waals surface area contributed by atoms with E-state index in [1.54, 1.807) is 13.0 Å². The molecule has 7 nitrogen and oxygen atoms in total. The minimum absolute atomic E-state index is 0.0256. The zero-order valence-electron chi connectivity index (χ0n) is 10.5. The standard InChI is InChI=1S/C12H15N3O4/c1-8-6-9(15(18)19)2-3-10(8)14-5-4-12(13,7-14)11(16)17/h2-3,6H,4-5,7,13H2,1H3,(H,16,17). The molecular formula is C12H15N3O4. The highest BCUT2D eigenvalue weighted by molar-refractivity contribution is 5.81. The van der Waals surface area contributed by atoms with E-state index in [0.29, 0.717) is 13.0 Å². The smallest absolute Gasteiger partial charge is 0.325 e. The molecule has 1 fully saturated rings. The number of rotatable bonds is 3. The highest BCUT2D eigenvalue weighted by Crippen LogP contribution is 2.30. The molecule has 1 saturated heterocycles. The fraction of sp³-hybridized carbons (Fsp3) is 0.417. The molecule has 1 atom stereocenters. The first kappa shape index (κ1) is 13.3. The summed E-state index contributed by atoms with van der Waals surface area (Å²) < 4.78 is 0. The van der Waals surface area contributed by atoms with Crippen molar-refractivity contribution in [2.24, 2.45) is 5.73 Å². The van der Waals surface area contributed by atoms with Crippen LogP contribution in [0.3, 0.4) is 0 Å². The van der Waals surface area contributed by atoms with Gasteiger partial charge in [-0.15, -0.1) is 0 Å². The van der Waals surface area contributed by atoms with Crippen LogP contribution < -0.4 is 10.6 Å². The number of benzene rings is 1. The molecule has 0 spiro atoms. The normalized spacial score (nSPS) is 22.5. The van der Waals surface area contributed by atoms with Crippen LogP contribution in [-0.2, 0) is 4.79 Å². The number of nitrogens with zero attached hydrogens (tertiary/aromatic N) is 2. The summed E-state index contributed by atoms with van der Waals surface area (Å²) in [6, 6.07) is 4.54. The van der Waals surface area contributed by atoms with Gasteiger partial charge in [0.15, 0.2) is 0 Å². The third-order valence-corrected chi connectivity index (χ3v) is 3.46. The van der Waals surface area contributed by atoms with E-state index >= 15 is 0 Å². The van der Waals surface area contributed by atoms with Crippen molar-refractivity contribution in [3.8, 4) is 0 Å². The molecular weight excluding hydrogens is 250 g/mol. The molecule has 1 unspecified atom stereocenters. The summed E-state index contributed by atoms with van der Waals surface area (Å²) >= 11 is 0. The first-order valence-electron chi connectivity index (χ1n) is 5.86. The van der Waals surface area contributed by atoms with Crippen LogP contribution >= 0.6 is 0 Å². The Labute approximate surface area is 109 Å². The maximum absolute atomic E-state index is 11.1. The van der Waals surface area contributed by atoms with Crippen LogP contribution in [0.25, 0.3) is 0 Å². The Morgan fingerprint density at radius 2 is 2.26 bits per heavy atom. The van der Waals surface area contributed by atoms with E-state index in [4.69, 9.17) is 10.8 Å². The van der Waals surface area contributed by atoms with Gasteiger partial charge in [-0.3, -0.25) is 14.9 Å². The molecule has 1 aliphatic heterocycles. The van der Waals surface area contributed by atoms with Crippen molar-refractivity contribution in [1.29, 1.82) is 0 Å². The van der Waals surface area contributed by atoms with Gasteiger partial charge in [0, 0.05) is 30.9 Å². The van der Waals surface area contributed by atoms with Crippen LogP contribution in [0.5, 0.6) is 0 Å². The van der Waals surface area contributed by atoms with Crippen LogP contribution in [0.1, 0.15) is 12.0 Å². The molecule has 19 heavy (non-hydrogen) atoms. The Bertz CT molecular complexity index is 546. The number of non-ortho nitro benzene ring substituents is 1. The molecule has 7 heteroatoms. The van der Waals surface area contributed by atoms with Crippen LogP contribution in [-0.4, -0.2) is 34.6 Å². The van der Waals surface area contributed by atoms with Gasteiger partial charge in [-0.1, -0.05) is 0 Å². The summed E-state index contributed by atoms with van der Waals surface area (Å²) in [5.41, 5.74) is 6.12. The van der Waals surface area contributed by atoms with Crippen molar-refractivity contribution in [2.75, 3.05) is 18.0 Å². The van der Waals surface area contributed by atoms with E-state index in [0.717, 1.165) is 11.3 Å². The fourth-order valence-electron chi connectivity index (χ4n) is 2.32. The first-order chi connectivity index (χ1) is 8.83. The van der Waals surface area contributed by atoms with Gasteiger partial charge in [0.2, 0.25) is 0 Å². The predicted molar refractivity (Wildman–Crippen MR) is 69.2 cm³/mol. The number of aliphatic carboxylic acids is 1. The minimum atomic E-state index is -1.24. The fourth-order valence-corrected chi connectivity index (χ4v) is 2.32. The molecule has 3 N–H and O–H groups in total. The molecule has 1 aromatic carbocycles. The van der Waals surface area contributed by atoms with Crippen molar-refractivity contribution in [3.63, 3.8) is 0 Å². The second-order valence-electron chi connectivity index (χ2n) is 4.86. The Kier molecular flexibility index (Phi) is 3.15. The number of carboxylic acids is 1. The Morgan fingerprint density at radius 1 is 1.58 bits per heavy atom. The van der Waals surface area contributed by atoms with Crippen molar-refractivity contribution in [1.82, 2.24) is 0 Å². The molecule has 0 aromatic heterocycles. The molecule has 1 heterocycles. The third kappa shape index (κ3) is 2.37. The van der Waals surface area contributed by atoms with Crippen LogP contribution in [0.4, 0.5) is 11.4 Å². The van der Waals surface area contributed by atoms with E-state index in [-0.39, 0.29) is 12.2 Å². The molecule has 1 aliphatic rings. The Balaban J connectivity index is 2.25. The molecule has 0 saturated carbocycles. The van der Waals surface area contributed by atoms with Gasteiger partial charge in [0.05, 0.1) is 4.92 Å². The summed E-state index contributed by atoms with van der Waals surface area (Å²) in [6.45, 7) is 2.50. The summed E-state index contributed by atoms with van der Waals surface area (Å²) in [4.78, 5) is 23.2. The average molecular weight is 265 g/mol. The highest BCUT2D eigenvalue weighted by atomic mass is 16.6. The topological polar surface area (TPSA) is 110 Å². The minimum Gasteiger partial charge on any atom is -0.480 e.